The SMILES string of the molecule is OCCCc1ccc(Cl)cc1F. The van der Waals surface area contributed by atoms with Crippen LogP contribution in [0.3, 0.4) is 0 Å². The largest absolute Gasteiger partial charge is 0.396 e. The van der Waals surface area contributed by atoms with Crippen LogP contribution >= 0.6 is 11.6 Å². The Kier molecular flexibility index (Phi) is 3.50. The van der Waals surface area contributed by atoms with Crippen LogP contribution in [0.1, 0.15) is 12.0 Å². The van der Waals surface area contributed by atoms with Crippen molar-refractivity contribution >= 4 is 11.6 Å². The lowest BCUT2D eigenvalue weighted by molar-refractivity contribution is 0.288. The van der Waals surface area contributed by atoms with E-state index >= 15 is 0 Å². The van der Waals surface area contributed by atoms with Crippen LogP contribution in [0.25, 0.3) is 0 Å². The molecule has 1 aromatic rings. The monoisotopic (exact) mass is 188 g/mol. The van der Waals surface area contributed by atoms with Crippen LogP contribution in [0.2, 0.25) is 5.02 Å². The van der Waals surface area contributed by atoms with Gasteiger partial charge in [-0.1, -0.05) is 17.7 Å². The topological polar surface area (TPSA) is 20.2 Å². The maximum atomic E-state index is 13.0. The standard InChI is InChI=1S/C9H10ClFO/c10-8-4-3-7(2-1-5-12)9(11)6-8/h3-4,6,12H,1-2,5H2. The van der Waals surface area contributed by atoms with Crippen molar-refractivity contribution in [1.29, 1.82) is 0 Å². The average Bonchev–Trinajstić information content (AvgIpc) is 2.03. The predicted molar refractivity (Wildman–Crippen MR) is 46.8 cm³/mol. The van der Waals surface area contributed by atoms with Crippen molar-refractivity contribution in [2.75, 3.05) is 6.61 Å². The van der Waals surface area contributed by atoms with E-state index in [0.29, 0.717) is 23.4 Å². The zero-order valence-corrected chi connectivity index (χ0v) is 7.31. The molecule has 3 heteroatoms. The van der Waals surface area contributed by atoms with E-state index in [0.717, 1.165) is 0 Å². The summed E-state index contributed by atoms with van der Waals surface area (Å²) in [5.74, 6) is -0.295. The van der Waals surface area contributed by atoms with E-state index in [4.69, 9.17) is 16.7 Å². The van der Waals surface area contributed by atoms with Crippen LogP contribution in [0.15, 0.2) is 18.2 Å². The van der Waals surface area contributed by atoms with Crippen molar-refractivity contribution in [3.05, 3.63) is 34.6 Å². The van der Waals surface area contributed by atoms with Gasteiger partial charge < -0.3 is 5.11 Å². The molecule has 0 unspecified atom stereocenters. The van der Waals surface area contributed by atoms with Crippen molar-refractivity contribution in [3.8, 4) is 0 Å². The summed E-state index contributed by atoms with van der Waals surface area (Å²) in [6.07, 6.45) is 1.14. The molecule has 0 atom stereocenters. The quantitative estimate of drug-likeness (QED) is 0.773. The van der Waals surface area contributed by atoms with Crippen LogP contribution < -0.4 is 0 Å². The summed E-state index contributed by atoms with van der Waals surface area (Å²) >= 11 is 5.56. The first kappa shape index (κ1) is 9.49. The number of aryl methyl sites for hydroxylation is 1. The minimum atomic E-state index is -0.295. The number of hydrogen-bond donors (Lipinski definition) is 1. The van der Waals surface area contributed by atoms with Gasteiger partial charge in [-0.05, 0) is 30.5 Å². The Balaban J connectivity index is 2.72. The molecule has 66 valence electrons. The Hall–Kier alpha value is -0.600. The number of aliphatic hydroxyl groups is 1. The lowest BCUT2D eigenvalue weighted by Crippen LogP contribution is -1.92. The fourth-order valence-corrected chi connectivity index (χ4v) is 1.15. The van der Waals surface area contributed by atoms with E-state index in [1.165, 1.54) is 6.07 Å². The molecule has 0 aliphatic carbocycles. The number of rotatable bonds is 3. The maximum absolute atomic E-state index is 13.0. The summed E-state index contributed by atoms with van der Waals surface area (Å²) in [5.41, 5.74) is 0.605. The third-order valence-corrected chi connectivity index (χ3v) is 1.85. The molecule has 0 heterocycles. The Labute approximate surface area is 75.8 Å². The van der Waals surface area contributed by atoms with Crippen LogP contribution in [0, 0.1) is 5.82 Å². The second-order valence-electron chi connectivity index (χ2n) is 2.56. The van der Waals surface area contributed by atoms with Gasteiger partial charge in [-0.2, -0.15) is 0 Å². The molecule has 1 rings (SSSR count). The van der Waals surface area contributed by atoms with E-state index in [2.05, 4.69) is 0 Å². The molecule has 0 saturated carbocycles. The van der Waals surface area contributed by atoms with E-state index in [9.17, 15) is 4.39 Å². The third-order valence-electron chi connectivity index (χ3n) is 1.62. The van der Waals surface area contributed by atoms with E-state index < -0.39 is 0 Å². The fourth-order valence-electron chi connectivity index (χ4n) is 0.994. The average molecular weight is 189 g/mol. The number of halogens is 2. The van der Waals surface area contributed by atoms with E-state index in [1.54, 1.807) is 12.1 Å². The van der Waals surface area contributed by atoms with Gasteiger partial charge in [-0.15, -0.1) is 0 Å². The van der Waals surface area contributed by atoms with Gasteiger partial charge in [0.2, 0.25) is 0 Å². The maximum Gasteiger partial charge on any atom is 0.127 e. The number of aliphatic hydroxyl groups excluding tert-OH is 1. The molecule has 0 aromatic heterocycles. The van der Waals surface area contributed by atoms with Crippen molar-refractivity contribution in [2.24, 2.45) is 0 Å². The van der Waals surface area contributed by atoms with Crippen LogP contribution in [0.5, 0.6) is 0 Å². The van der Waals surface area contributed by atoms with Gasteiger partial charge in [0.05, 0.1) is 0 Å². The Morgan fingerprint density at radius 1 is 1.42 bits per heavy atom. The molecular formula is C9H10ClFO. The van der Waals surface area contributed by atoms with Gasteiger partial charge in [-0.25, -0.2) is 4.39 Å². The highest BCUT2D eigenvalue weighted by molar-refractivity contribution is 6.30. The van der Waals surface area contributed by atoms with Crippen molar-refractivity contribution in [1.82, 2.24) is 0 Å². The Morgan fingerprint density at radius 3 is 2.75 bits per heavy atom. The summed E-state index contributed by atoms with van der Waals surface area (Å²) in [6, 6.07) is 4.58. The molecule has 0 radical (unpaired) electrons. The summed E-state index contributed by atoms with van der Waals surface area (Å²) in [6.45, 7) is 0.0854. The Bertz CT molecular complexity index is 263. The van der Waals surface area contributed by atoms with Crippen molar-refractivity contribution < 1.29 is 9.50 Å². The summed E-state index contributed by atoms with van der Waals surface area (Å²) in [7, 11) is 0. The van der Waals surface area contributed by atoms with Crippen LogP contribution in [-0.2, 0) is 6.42 Å². The highest BCUT2D eigenvalue weighted by Crippen LogP contribution is 2.15. The first-order valence-electron chi connectivity index (χ1n) is 3.79. The molecule has 0 bridgehead atoms. The molecule has 0 spiro atoms. The minimum Gasteiger partial charge on any atom is -0.396 e. The van der Waals surface area contributed by atoms with Gasteiger partial charge in [0, 0.05) is 11.6 Å². The van der Waals surface area contributed by atoms with Crippen LogP contribution in [-0.4, -0.2) is 11.7 Å². The molecule has 0 aliphatic rings. The minimum absolute atomic E-state index is 0.0854. The highest BCUT2D eigenvalue weighted by atomic mass is 35.5. The molecule has 0 aliphatic heterocycles. The lowest BCUT2D eigenvalue weighted by atomic mass is 10.1. The predicted octanol–water partition coefficient (Wildman–Crippen LogP) is 2.40. The third kappa shape index (κ3) is 2.47. The molecule has 1 aromatic carbocycles. The summed E-state index contributed by atoms with van der Waals surface area (Å²) in [4.78, 5) is 0. The van der Waals surface area contributed by atoms with Gasteiger partial charge >= 0.3 is 0 Å². The fraction of sp³-hybridized carbons (Fsp3) is 0.333. The molecule has 12 heavy (non-hydrogen) atoms. The first-order valence-corrected chi connectivity index (χ1v) is 4.16. The Morgan fingerprint density at radius 2 is 2.17 bits per heavy atom. The van der Waals surface area contributed by atoms with Gasteiger partial charge in [0.1, 0.15) is 5.82 Å². The molecule has 0 fully saturated rings. The molecule has 0 saturated heterocycles. The summed E-state index contributed by atoms with van der Waals surface area (Å²) < 4.78 is 13.0. The van der Waals surface area contributed by atoms with Crippen LogP contribution in [0.4, 0.5) is 4.39 Å². The second kappa shape index (κ2) is 4.43. The highest BCUT2D eigenvalue weighted by Gasteiger charge is 2.01. The first-order chi connectivity index (χ1) is 5.74. The number of benzene rings is 1. The molecule has 0 amide bonds. The van der Waals surface area contributed by atoms with E-state index in [1.807, 2.05) is 0 Å². The van der Waals surface area contributed by atoms with Gasteiger partial charge in [0.25, 0.3) is 0 Å². The van der Waals surface area contributed by atoms with Crippen molar-refractivity contribution in [3.63, 3.8) is 0 Å². The van der Waals surface area contributed by atoms with Crippen molar-refractivity contribution in [2.45, 2.75) is 12.8 Å². The molecular weight excluding hydrogens is 179 g/mol. The zero-order valence-electron chi connectivity index (χ0n) is 6.56. The zero-order chi connectivity index (χ0) is 8.97. The lowest BCUT2D eigenvalue weighted by Gasteiger charge is -2.01. The smallest absolute Gasteiger partial charge is 0.127 e. The van der Waals surface area contributed by atoms with Gasteiger partial charge in [0.15, 0.2) is 0 Å². The van der Waals surface area contributed by atoms with E-state index in [-0.39, 0.29) is 12.4 Å². The molecule has 1 nitrogen and oxygen atoms in total. The molecule has 1 N–H and O–H groups in total. The second-order valence-corrected chi connectivity index (χ2v) is 3.00. The van der Waals surface area contributed by atoms with Gasteiger partial charge in [-0.3, -0.25) is 0 Å². The number of hydrogen-bond acceptors (Lipinski definition) is 1. The summed E-state index contributed by atoms with van der Waals surface area (Å²) in [5, 5.41) is 8.93. The normalized spacial score (nSPS) is 10.2.